The van der Waals surface area contributed by atoms with Gasteiger partial charge in [0.15, 0.2) is 22.3 Å². The van der Waals surface area contributed by atoms with Crippen molar-refractivity contribution in [3.63, 3.8) is 0 Å². The van der Waals surface area contributed by atoms with Crippen LogP contribution in [0.4, 0.5) is 0 Å². The molecule has 35 rings (SSSR count). The van der Waals surface area contributed by atoms with Gasteiger partial charge in [0.2, 0.25) is 0 Å². The molecule has 14 aromatic rings. The number of para-hydroxylation sites is 2. The molecule has 0 aliphatic carbocycles. The highest BCUT2D eigenvalue weighted by Crippen LogP contribution is 2.46. The van der Waals surface area contributed by atoms with Gasteiger partial charge in [-0.05, 0) is 420 Å². The molecule has 21 fully saturated rings. The Kier molecular flexibility index (Phi) is 29.3. The average molecular weight is 1930 g/mol. The maximum absolute atomic E-state index is 5.40. The van der Waals surface area contributed by atoms with Crippen LogP contribution < -0.4 is 0 Å². The Hall–Kier alpha value is -10.0. The van der Waals surface area contributed by atoms with Crippen LogP contribution in [-0.4, -0.2) is 205 Å². The van der Waals surface area contributed by atoms with Crippen molar-refractivity contribution >= 4 is 109 Å². The second kappa shape index (κ2) is 43.3. The molecule has 7 unspecified atom stereocenters. The maximum Gasteiger partial charge on any atom is 0.170 e. The predicted molar refractivity (Wildman–Crippen MR) is 573 cm³/mol. The predicted octanol–water partition coefficient (Wildman–Crippen LogP) is 24.3. The van der Waals surface area contributed by atoms with Crippen LogP contribution in [0, 0.1) is 82.9 Å². The standard InChI is InChI=1S/4C17H20N2O.3C17H20N2S/c1-12(16-11-19-6-4-14(16)5-7-19)8-13-2-3-15-10-18-20-17(15)9-13;1-12(16-11-19-7-5-13(16)6-8-19)9-14-3-2-4-17-15(14)10-18-20-17;1-12(16-11-19-7-5-13(16)6-8-19)9-14-3-2-4-15-10-18-20-17(14)15;1-12(15-11-19-8-6-13(15)7-9-19)10-16-14-4-2-3-5-17(14)20-18-16;1-12(16-11-19-6-4-14(16)5-7-19)8-13-2-3-17-15(9-13)10-18-20-17;1-12(16-11-19-6-4-14(16)5-7-19)8-13-2-3-15-10-18-20-17(15)9-13;1-12(16-11-19-7-5-13(16)6-8-19)9-14-3-2-4-15-10-18-20-17(14)15/h2-3,9-10,14,16H,1,4-8,11H2;2*2-4,10,13,16H,1,5-9,11H2;2-5,13,15H,1,6-11H2;2*2-3,9-10,14,16H,1,4-8,11H2;2-4,10,13,16H,1,5-9,11H2. The Morgan fingerprint density at radius 1 is 0.271 bits per heavy atom. The van der Waals surface area contributed by atoms with Gasteiger partial charge in [0.05, 0.1) is 38.4 Å². The first-order valence-electron chi connectivity index (χ1n) is 52.7. The number of hydrogen-bond donors (Lipinski definition) is 0. The summed E-state index contributed by atoms with van der Waals surface area (Å²) in [5.41, 5.74) is 22.4. The molecule has 0 amide bonds. The number of piperidine rings is 21. The number of benzene rings is 7. The molecule has 7 aromatic carbocycles. The second-order valence-electron chi connectivity index (χ2n) is 43.8. The second-order valence-corrected chi connectivity index (χ2v) is 46.2. The first-order valence-corrected chi connectivity index (χ1v) is 55.0. The van der Waals surface area contributed by atoms with Crippen LogP contribution in [-0.2, 0) is 44.9 Å². The van der Waals surface area contributed by atoms with Gasteiger partial charge in [0.25, 0.3) is 0 Å². The summed E-state index contributed by atoms with van der Waals surface area (Å²) in [5.74, 6) is 10.9. The number of fused-ring (bicyclic) bond motifs is 28. The molecule has 728 valence electrons. The van der Waals surface area contributed by atoms with Gasteiger partial charge in [0.1, 0.15) is 0 Å². The van der Waals surface area contributed by atoms with Crippen LogP contribution in [0.1, 0.15) is 129 Å². The Morgan fingerprint density at radius 3 is 1.15 bits per heavy atom. The fourth-order valence-electron chi connectivity index (χ4n) is 27.1. The molecule has 140 heavy (non-hydrogen) atoms. The minimum absolute atomic E-state index is 0.646. The normalized spacial score (nSPS) is 28.9. The summed E-state index contributed by atoms with van der Waals surface area (Å²) in [6, 6.07) is 46.9. The number of hydrogen-bond acceptors (Lipinski definition) is 21. The number of aromatic nitrogens is 7. The molecule has 14 bridgehead atoms. The molecule has 21 saturated heterocycles. The highest BCUT2D eigenvalue weighted by atomic mass is 32.1. The average Bonchev–Trinajstić information content (AvgIpc) is 1.27. The van der Waals surface area contributed by atoms with Gasteiger partial charge in [0, 0.05) is 114 Å². The molecule has 7 aromatic heterocycles. The van der Waals surface area contributed by atoms with E-state index in [4.69, 9.17) is 18.1 Å². The van der Waals surface area contributed by atoms with Crippen molar-refractivity contribution < 1.29 is 18.1 Å². The Morgan fingerprint density at radius 2 is 0.636 bits per heavy atom. The minimum Gasteiger partial charge on any atom is -0.356 e. The first kappa shape index (κ1) is 94.9. The number of rotatable bonds is 21. The summed E-state index contributed by atoms with van der Waals surface area (Å²) < 4.78 is 38.0. The van der Waals surface area contributed by atoms with Gasteiger partial charge in [-0.1, -0.05) is 185 Å². The van der Waals surface area contributed by atoms with E-state index in [2.05, 4.69) is 211 Å². The van der Waals surface area contributed by atoms with Crippen molar-refractivity contribution in [2.24, 2.45) is 82.9 Å². The molecule has 21 heteroatoms. The Labute approximate surface area is 838 Å². The van der Waals surface area contributed by atoms with E-state index in [0.29, 0.717) is 35.5 Å². The lowest BCUT2D eigenvalue weighted by Crippen LogP contribution is -2.48. The van der Waals surface area contributed by atoms with E-state index in [-0.39, 0.29) is 0 Å². The van der Waals surface area contributed by atoms with Crippen LogP contribution in [0.5, 0.6) is 0 Å². The SMILES string of the molecule is C=C(Cc1ccc2cnoc2c1)C1CN2CCC1CC2.C=C(Cc1ccc2cnsc2c1)C1CN2CCC1CC2.C=C(Cc1ccc2sncc2c1)C1CN2CCC1CC2.C=C(Cc1cccc2cnoc12)C1CN2CCC1CC2.C=C(Cc1cccc2cnsc12)C1CN2CCC1CC2.C=C(Cc1cccc2oncc12)C1CN2CCC1CC2.C=C(Cc1noc2ccccc12)C1CN2CCC1CC2. The lowest BCUT2D eigenvalue weighted by atomic mass is 9.74. The van der Waals surface area contributed by atoms with Gasteiger partial charge in [-0.15, -0.1) is 0 Å². The highest BCUT2D eigenvalue weighted by molar-refractivity contribution is 7.14. The van der Waals surface area contributed by atoms with E-state index in [1.54, 1.807) is 47.0 Å². The molecule has 0 spiro atoms. The van der Waals surface area contributed by atoms with Crippen molar-refractivity contribution in [3.05, 3.63) is 295 Å². The zero-order chi connectivity index (χ0) is 94.7. The third-order valence-corrected chi connectivity index (χ3v) is 37.8. The van der Waals surface area contributed by atoms with Crippen LogP contribution in [0.25, 0.3) is 74.1 Å². The van der Waals surface area contributed by atoms with Crippen LogP contribution in [0.15, 0.2) is 274 Å². The lowest BCUT2D eigenvalue weighted by molar-refractivity contribution is 0.0674. The van der Waals surface area contributed by atoms with Crippen molar-refractivity contribution in [2.45, 2.75) is 135 Å². The monoisotopic (exact) mass is 1930 g/mol. The molecule has 21 aliphatic rings. The summed E-state index contributed by atoms with van der Waals surface area (Å²) in [7, 11) is 0. The first-order chi connectivity index (χ1) is 68.6. The van der Waals surface area contributed by atoms with Crippen molar-refractivity contribution in [2.75, 3.05) is 137 Å². The summed E-state index contributed by atoms with van der Waals surface area (Å²) in [5, 5.41) is 24.1. The molecule has 0 radical (unpaired) electrons. The molecule has 18 nitrogen and oxygen atoms in total. The molecule has 21 aliphatic heterocycles. The molecule has 28 heterocycles. The summed E-state index contributed by atoms with van der Waals surface area (Å²) in [6.45, 7) is 57.5. The van der Waals surface area contributed by atoms with Gasteiger partial charge in [-0.3, -0.25) is 0 Å². The largest absolute Gasteiger partial charge is 0.356 e. The van der Waals surface area contributed by atoms with Crippen LogP contribution in [0.3, 0.4) is 0 Å². The maximum atomic E-state index is 5.40. The van der Waals surface area contributed by atoms with E-state index in [1.165, 1.54) is 330 Å². The lowest BCUT2D eigenvalue weighted by Gasteiger charge is -2.45. The summed E-state index contributed by atoms with van der Waals surface area (Å²) >= 11 is 4.78. The molecule has 0 N–H and O–H groups in total. The van der Waals surface area contributed by atoms with Crippen molar-refractivity contribution in [1.29, 1.82) is 0 Å². The third-order valence-electron chi connectivity index (χ3n) is 35.3. The van der Waals surface area contributed by atoms with Crippen LogP contribution in [0.2, 0.25) is 0 Å². The van der Waals surface area contributed by atoms with Gasteiger partial charge in [-0.25, -0.2) is 0 Å². The van der Waals surface area contributed by atoms with E-state index in [1.807, 2.05) is 61.2 Å². The zero-order valence-electron chi connectivity index (χ0n) is 82.0. The van der Waals surface area contributed by atoms with E-state index in [0.717, 1.165) is 142 Å². The minimum atomic E-state index is 0.646. The Balaban J connectivity index is 0.0000000939. The fourth-order valence-corrected chi connectivity index (χ4v) is 29.2. The molecule has 0 saturated carbocycles. The molecule has 7 atom stereocenters. The van der Waals surface area contributed by atoms with Gasteiger partial charge < -0.3 is 52.4 Å². The molecular formula is C119H140N14O4S3. The van der Waals surface area contributed by atoms with E-state index in [9.17, 15) is 0 Å². The van der Waals surface area contributed by atoms with E-state index >= 15 is 0 Å². The smallest absolute Gasteiger partial charge is 0.170 e. The van der Waals surface area contributed by atoms with E-state index < -0.39 is 0 Å². The summed E-state index contributed by atoms with van der Waals surface area (Å²) in [4.78, 5) is 18.2. The number of nitrogens with zero attached hydrogens (tertiary/aromatic N) is 14. The molecular weight excluding hydrogens is 1790 g/mol. The third kappa shape index (κ3) is 21.6. The fraction of sp³-hybridized carbons (Fsp3) is 0.471. The van der Waals surface area contributed by atoms with Crippen molar-refractivity contribution in [3.8, 4) is 0 Å². The van der Waals surface area contributed by atoms with Gasteiger partial charge in [-0.2, -0.15) is 13.1 Å². The highest BCUT2D eigenvalue weighted by Gasteiger charge is 2.43. The zero-order valence-corrected chi connectivity index (χ0v) is 84.5. The Bertz CT molecular complexity index is 6150. The summed E-state index contributed by atoms with van der Waals surface area (Å²) in [6.07, 6.45) is 37.0. The van der Waals surface area contributed by atoms with Crippen LogP contribution >= 0.6 is 34.6 Å². The van der Waals surface area contributed by atoms with Gasteiger partial charge >= 0.3 is 0 Å². The van der Waals surface area contributed by atoms with Crippen molar-refractivity contribution in [1.82, 2.24) is 68.0 Å². The topological polar surface area (TPSA) is 165 Å². The quantitative estimate of drug-likeness (QED) is 0.0623.